The summed E-state index contributed by atoms with van der Waals surface area (Å²) in [5.41, 5.74) is 0.913. The number of rotatable bonds is 18. The molecule has 2 bridgehead atoms. The molecule has 272 valence electrons. The number of amides is 3. The maximum absolute atomic E-state index is 13.9. The third-order valence-corrected chi connectivity index (χ3v) is 10.7. The van der Waals surface area contributed by atoms with E-state index in [1.165, 1.54) is 6.42 Å². The van der Waals surface area contributed by atoms with Gasteiger partial charge in [0.25, 0.3) is 0 Å². The molecule has 0 spiro atoms. The molecular formula is C39H60N4O6. The van der Waals surface area contributed by atoms with Crippen LogP contribution < -0.4 is 10.6 Å². The van der Waals surface area contributed by atoms with Crippen molar-refractivity contribution in [1.82, 2.24) is 20.4 Å². The number of carbonyl (C=O) groups excluding carboxylic acids is 3. The summed E-state index contributed by atoms with van der Waals surface area (Å²) in [6.07, 6.45) is 12.4. The summed E-state index contributed by atoms with van der Waals surface area (Å²) in [6, 6.07) is 8.62. The number of nitrogens with one attached hydrogen (secondary N) is 2. The van der Waals surface area contributed by atoms with Crippen molar-refractivity contribution in [2.75, 3.05) is 33.4 Å². The predicted molar refractivity (Wildman–Crippen MR) is 190 cm³/mol. The Bertz CT molecular complexity index is 1220. The number of likely N-dealkylation sites (N-methyl/N-ethyl adjacent to an activating group) is 1. The van der Waals surface area contributed by atoms with Gasteiger partial charge in [-0.15, -0.1) is 12.3 Å². The van der Waals surface area contributed by atoms with Crippen molar-refractivity contribution >= 4 is 17.7 Å². The quantitative estimate of drug-likeness (QED) is 0.175. The minimum atomic E-state index is -1.15. The van der Waals surface area contributed by atoms with Crippen molar-refractivity contribution in [3.63, 3.8) is 0 Å². The smallest absolute Gasteiger partial charge is 0.243 e. The fraction of sp³-hybridized carbons (Fsp3) is 0.718. The molecule has 1 aromatic carbocycles. The Morgan fingerprint density at radius 3 is 2.31 bits per heavy atom. The first-order chi connectivity index (χ1) is 23.5. The van der Waals surface area contributed by atoms with E-state index in [-0.39, 0.29) is 24.7 Å². The second-order valence-corrected chi connectivity index (χ2v) is 15.1. The number of hydrogen-bond donors (Lipinski definition) is 4. The van der Waals surface area contributed by atoms with Crippen molar-refractivity contribution in [2.45, 2.75) is 127 Å². The highest BCUT2D eigenvalue weighted by Crippen LogP contribution is 2.30. The van der Waals surface area contributed by atoms with Crippen LogP contribution in [0.5, 0.6) is 0 Å². The molecule has 2 aliphatic heterocycles. The van der Waals surface area contributed by atoms with E-state index in [0.29, 0.717) is 43.8 Å². The van der Waals surface area contributed by atoms with Gasteiger partial charge in [-0.1, -0.05) is 76.3 Å². The average molecular weight is 681 g/mol. The fourth-order valence-corrected chi connectivity index (χ4v) is 7.85. The molecule has 0 aromatic heterocycles. The summed E-state index contributed by atoms with van der Waals surface area (Å²) in [4.78, 5) is 45.4. The molecule has 4 rings (SSSR count). The van der Waals surface area contributed by atoms with Crippen LogP contribution >= 0.6 is 0 Å². The lowest BCUT2D eigenvalue weighted by molar-refractivity contribution is -0.137. The maximum Gasteiger partial charge on any atom is 0.243 e. The Morgan fingerprint density at radius 2 is 1.67 bits per heavy atom. The van der Waals surface area contributed by atoms with Gasteiger partial charge in [0, 0.05) is 45.1 Å². The van der Waals surface area contributed by atoms with E-state index in [9.17, 15) is 24.6 Å². The summed E-state index contributed by atoms with van der Waals surface area (Å²) in [5, 5.41) is 27.9. The van der Waals surface area contributed by atoms with E-state index in [0.717, 1.165) is 63.8 Å². The van der Waals surface area contributed by atoms with Gasteiger partial charge >= 0.3 is 0 Å². The number of fused-ring (bicyclic) bond motifs is 2. The lowest BCUT2D eigenvalue weighted by Gasteiger charge is -2.35. The molecule has 10 nitrogen and oxygen atoms in total. The number of hydrogen-bond acceptors (Lipinski definition) is 7. The summed E-state index contributed by atoms with van der Waals surface area (Å²) in [7, 11) is 1.78. The second kappa shape index (κ2) is 19.4. The lowest BCUT2D eigenvalue weighted by atomic mass is 9.82. The molecule has 2 heterocycles. The number of nitrogens with zero attached hydrogens (tertiary/aromatic N) is 2. The molecule has 7 atom stereocenters. The molecule has 3 amide bonds. The van der Waals surface area contributed by atoms with Crippen LogP contribution in [0.3, 0.4) is 0 Å². The normalized spacial score (nSPS) is 22.8. The largest absolute Gasteiger partial charge is 0.390 e. The minimum absolute atomic E-state index is 0.0119. The maximum atomic E-state index is 13.9. The zero-order valence-corrected chi connectivity index (χ0v) is 29.9. The van der Waals surface area contributed by atoms with E-state index in [4.69, 9.17) is 11.2 Å². The van der Waals surface area contributed by atoms with Gasteiger partial charge in [-0.05, 0) is 49.5 Å². The minimum Gasteiger partial charge on any atom is -0.390 e. The monoisotopic (exact) mass is 680 g/mol. The van der Waals surface area contributed by atoms with Gasteiger partial charge in [0.1, 0.15) is 12.1 Å². The molecule has 3 aliphatic rings. The number of terminal acetylenes is 1. The van der Waals surface area contributed by atoms with Gasteiger partial charge in [-0.25, -0.2) is 0 Å². The highest BCUT2D eigenvalue weighted by Gasteiger charge is 2.38. The number of benzene rings is 1. The van der Waals surface area contributed by atoms with E-state index in [2.05, 4.69) is 21.5 Å². The zero-order valence-electron chi connectivity index (χ0n) is 29.9. The van der Waals surface area contributed by atoms with Gasteiger partial charge in [-0.2, -0.15) is 0 Å². The Labute approximate surface area is 293 Å². The molecular weight excluding hydrogens is 620 g/mol. The molecule has 1 aromatic rings. The molecule has 49 heavy (non-hydrogen) atoms. The molecule has 2 unspecified atom stereocenters. The van der Waals surface area contributed by atoms with Crippen LogP contribution in [0, 0.1) is 30.1 Å². The van der Waals surface area contributed by atoms with E-state index in [1.54, 1.807) is 11.9 Å². The highest BCUT2D eigenvalue weighted by atomic mass is 16.5. The SMILES string of the molecule is C#CC[C@H](NC(=O)[C@@H](CC(=O)N(C)CCN1C2CCC1COC2)Cc1ccccc1)C(=O)N[C@@H](CC1CCCCC1)[C@@H](O)[C@@H](O)CC(C)C. The van der Waals surface area contributed by atoms with Crippen LogP contribution in [0.4, 0.5) is 0 Å². The first kappa shape index (κ1) is 38.8. The summed E-state index contributed by atoms with van der Waals surface area (Å²) < 4.78 is 5.70. The van der Waals surface area contributed by atoms with E-state index < -0.39 is 42.0 Å². The summed E-state index contributed by atoms with van der Waals surface area (Å²) in [6.45, 7) is 6.75. The number of carbonyl (C=O) groups is 3. The first-order valence-corrected chi connectivity index (χ1v) is 18.6. The van der Waals surface area contributed by atoms with Gasteiger partial charge in [0.2, 0.25) is 17.7 Å². The van der Waals surface area contributed by atoms with E-state index in [1.807, 2.05) is 44.2 Å². The Hall–Kier alpha value is -2.97. The van der Waals surface area contributed by atoms with E-state index >= 15 is 0 Å². The van der Waals surface area contributed by atoms with Crippen molar-refractivity contribution in [2.24, 2.45) is 17.8 Å². The Kier molecular flexibility index (Phi) is 15.4. The highest BCUT2D eigenvalue weighted by molar-refractivity contribution is 5.91. The van der Waals surface area contributed by atoms with Gasteiger partial charge in [-0.3, -0.25) is 19.3 Å². The van der Waals surface area contributed by atoms with Crippen LogP contribution in [0.1, 0.15) is 90.0 Å². The van der Waals surface area contributed by atoms with Crippen LogP contribution in [0.25, 0.3) is 0 Å². The molecule has 1 aliphatic carbocycles. The Balaban J connectivity index is 1.43. The van der Waals surface area contributed by atoms with Crippen LogP contribution in [-0.4, -0.2) is 107 Å². The van der Waals surface area contributed by atoms with Gasteiger partial charge in [0.15, 0.2) is 0 Å². The number of ether oxygens (including phenoxy) is 1. The molecule has 0 radical (unpaired) electrons. The first-order valence-electron chi connectivity index (χ1n) is 18.6. The number of aliphatic hydroxyl groups excluding tert-OH is 2. The lowest BCUT2D eigenvalue weighted by Crippen LogP contribution is -2.56. The number of aliphatic hydroxyl groups is 2. The second-order valence-electron chi connectivity index (χ2n) is 15.1. The van der Waals surface area contributed by atoms with Crippen molar-refractivity contribution < 1.29 is 29.3 Å². The van der Waals surface area contributed by atoms with Crippen LogP contribution in [-0.2, 0) is 25.5 Å². The number of morpholine rings is 1. The molecule has 1 saturated carbocycles. The molecule has 10 heteroatoms. The van der Waals surface area contributed by atoms with Crippen molar-refractivity contribution in [3.05, 3.63) is 35.9 Å². The standard InChI is InChI=1S/C39H60N4O6/c1-5-12-33(39(48)41-34(23-29-15-10-7-11-16-29)37(46)35(44)21-27(2)3)40-38(47)30(22-28-13-8-6-9-14-28)24-36(45)42(4)19-20-43-31-17-18-32(43)26-49-25-31/h1,6,8-9,13-14,27,29-35,37,44,46H,7,10-12,15-26H2,2-4H3,(H,40,47)(H,41,48)/t30-,31?,32?,33+,34+,35+,37-/m1/s1. The molecule has 2 saturated heterocycles. The summed E-state index contributed by atoms with van der Waals surface area (Å²) in [5.74, 6) is 1.25. The van der Waals surface area contributed by atoms with Crippen LogP contribution in [0.15, 0.2) is 30.3 Å². The average Bonchev–Trinajstić information content (AvgIpc) is 3.30. The van der Waals surface area contributed by atoms with Gasteiger partial charge in [0.05, 0.1) is 31.3 Å². The van der Waals surface area contributed by atoms with Crippen LogP contribution in [0.2, 0.25) is 0 Å². The third kappa shape index (κ3) is 11.8. The van der Waals surface area contributed by atoms with Gasteiger partial charge < -0.3 is 30.5 Å². The summed E-state index contributed by atoms with van der Waals surface area (Å²) >= 11 is 0. The zero-order chi connectivity index (χ0) is 35.3. The topological polar surface area (TPSA) is 131 Å². The Morgan fingerprint density at radius 1 is 1.00 bits per heavy atom. The van der Waals surface area contributed by atoms with Crippen molar-refractivity contribution in [3.8, 4) is 12.3 Å². The fourth-order valence-electron chi connectivity index (χ4n) is 7.85. The molecule has 4 N–H and O–H groups in total. The van der Waals surface area contributed by atoms with Crippen molar-refractivity contribution in [1.29, 1.82) is 0 Å². The molecule has 3 fully saturated rings. The third-order valence-electron chi connectivity index (χ3n) is 10.7. The predicted octanol–water partition coefficient (Wildman–Crippen LogP) is 3.29.